The summed E-state index contributed by atoms with van der Waals surface area (Å²) in [6.45, 7) is 1.77. The van der Waals surface area contributed by atoms with E-state index in [1.165, 1.54) is 6.20 Å². The standard InChI is InChI=1S/C20H22F3N7OS/c1-4-32(31)19-15(28-16(30(19)3)11(8-24)9-25-13-5-6-13)18-27-14-7-12(20(21,22)23)10-26-17(14)29(18)2/h7-10,13H,4-6,24H2,1-3H3/b11-8+,25-9?. The fourth-order valence-corrected chi connectivity index (χ4v) is 4.33. The zero-order valence-corrected chi connectivity index (χ0v) is 18.5. The number of aryl methyl sites for hydroxylation is 1. The molecule has 0 radical (unpaired) electrons. The van der Waals surface area contributed by atoms with Gasteiger partial charge in [0.2, 0.25) is 0 Å². The molecule has 4 rings (SSSR count). The van der Waals surface area contributed by atoms with Gasteiger partial charge >= 0.3 is 6.18 Å². The molecule has 0 bridgehead atoms. The summed E-state index contributed by atoms with van der Waals surface area (Å²) in [6.07, 6.45) is 1.31. The second-order valence-electron chi connectivity index (χ2n) is 7.47. The van der Waals surface area contributed by atoms with Gasteiger partial charge in [-0.05, 0) is 18.9 Å². The summed E-state index contributed by atoms with van der Waals surface area (Å²) < 4.78 is 55.5. The van der Waals surface area contributed by atoms with Gasteiger partial charge in [-0.15, -0.1) is 0 Å². The van der Waals surface area contributed by atoms with Crippen molar-refractivity contribution >= 4 is 33.8 Å². The summed E-state index contributed by atoms with van der Waals surface area (Å²) in [4.78, 5) is 17.4. The third-order valence-electron chi connectivity index (χ3n) is 5.18. The van der Waals surface area contributed by atoms with Crippen molar-refractivity contribution in [3.05, 3.63) is 29.9 Å². The lowest BCUT2D eigenvalue weighted by atomic mass is 10.2. The molecular formula is C20H22F3N7OS. The summed E-state index contributed by atoms with van der Waals surface area (Å²) in [7, 11) is 1.92. The van der Waals surface area contributed by atoms with E-state index in [9.17, 15) is 17.4 Å². The Bertz CT molecular complexity index is 1270. The van der Waals surface area contributed by atoms with Crippen LogP contribution in [0.25, 0.3) is 28.3 Å². The molecule has 1 aliphatic carbocycles. The Morgan fingerprint density at radius 2 is 2.03 bits per heavy atom. The summed E-state index contributed by atoms with van der Waals surface area (Å²) >= 11 is 0. The smallest absolute Gasteiger partial charge is 0.404 e. The third-order valence-corrected chi connectivity index (χ3v) is 6.60. The Hall–Kier alpha value is -3.02. The molecule has 1 atom stereocenters. The van der Waals surface area contributed by atoms with Crippen LogP contribution in [-0.2, 0) is 31.1 Å². The van der Waals surface area contributed by atoms with Crippen LogP contribution in [0.1, 0.15) is 31.2 Å². The molecule has 0 aromatic carbocycles. The minimum atomic E-state index is -4.53. The van der Waals surface area contributed by atoms with Gasteiger partial charge in [0.05, 0.1) is 28.0 Å². The van der Waals surface area contributed by atoms with Gasteiger partial charge in [0.25, 0.3) is 0 Å². The second-order valence-corrected chi connectivity index (χ2v) is 9.13. The number of hydrogen-bond donors (Lipinski definition) is 1. The van der Waals surface area contributed by atoms with Gasteiger partial charge in [0, 0.05) is 38.5 Å². The number of nitrogens with zero attached hydrogens (tertiary/aromatic N) is 6. The number of alkyl halides is 3. The summed E-state index contributed by atoms with van der Waals surface area (Å²) in [5.41, 5.74) is 6.11. The molecule has 0 spiro atoms. The van der Waals surface area contributed by atoms with E-state index in [1.54, 1.807) is 36.4 Å². The van der Waals surface area contributed by atoms with Gasteiger partial charge in [-0.1, -0.05) is 6.92 Å². The molecule has 1 saturated carbocycles. The van der Waals surface area contributed by atoms with Crippen LogP contribution in [0.2, 0.25) is 0 Å². The molecule has 12 heteroatoms. The van der Waals surface area contributed by atoms with Crippen LogP contribution in [0.4, 0.5) is 13.2 Å². The average Bonchev–Trinajstić information content (AvgIpc) is 3.45. The van der Waals surface area contributed by atoms with E-state index >= 15 is 0 Å². The SMILES string of the molecule is CCS(=O)c1c(-c2nc3cc(C(F)(F)F)cnc3n2C)nc(/C(C=NC2CC2)=C/N)n1C. The van der Waals surface area contributed by atoms with E-state index in [-0.39, 0.29) is 23.0 Å². The van der Waals surface area contributed by atoms with Gasteiger partial charge < -0.3 is 14.9 Å². The van der Waals surface area contributed by atoms with Crippen molar-refractivity contribution in [1.82, 2.24) is 24.1 Å². The van der Waals surface area contributed by atoms with Crippen molar-refractivity contribution < 1.29 is 17.4 Å². The number of aliphatic imine (C=N–C) groups is 1. The van der Waals surface area contributed by atoms with Crippen LogP contribution in [0.5, 0.6) is 0 Å². The molecule has 3 heterocycles. The van der Waals surface area contributed by atoms with Gasteiger partial charge in [-0.3, -0.25) is 9.20 Å². The van der Waals surface area contributed by atoms with Gasteiger partial charge in [-0.25, -0.2) is 15.0 Å². The first-order valence-electron chi connectivity index (χ1n) is 9.96. The highest BCUT2D eigenvalue weighted by Gasteiger charge is 2.32. The summed E-state index contributed by atoms with van der Waals surface area (Å²) in [5, 5.41) is 0.399. The van der Waals surface area contributed by atoms with E-state index in [1.807, 2.05) is 0 Å². The maximum Gasteiger partial charge on any atom is 0.417 e. The van der Waals surface area contributed by atoms with Crippen LogP contribution in [0, 0.1) is 0 Å². The molecule has 1 fully saturated rings. The van der Waals surface area contributed by atoms with Crippen LogP contribution >= 0.6 is 0 Å². The number of fused-ring (bicyclic) bond motifs is 1. The third kappa shape index (κ3) is 3.94. The van der Waals surface area contributed by atoms with Crippen molar-refractivity contribution in [2.45, 2.75) is 37.0 Å². The quantitative estimate of drug-likeness (QED) is 0.564. The van der Waals surface area contributed by atoms with Crippen molar-refractivity contribution in [2.75, 3.05) is 5.75 Å². The van der Waals surface area contributed by atoms with E-state index in [0.29, 0.717) is 27.9 Å². The minimum absolute atomic E-state index is 0.0719. The lowest BCUT2D eigenvalue weighted by Crippen LogP contribution is -2.07. The van der Waals surface area contributed by atoms with Gasteiger partial charge in [0.1, 0.15) is 22.1 Å². The molecule has 0 amide bonds. The van der Waals surface area contributed by atoms with Gasteiger partial charge in [0.15, 0.2) is 11.5 Å². The number of allylic oxidation sites excluding steroid dienone is 1. The maximum atomic E-state index is 13.1. The normalized spacial score (nSPS) is 16.4. The van der Waals surface area contributed by atoms with Crippen LogP contribution in [0.3, 0.4) is 0 Å². The highest BCUT2D eigenvalue weighted by molar-refractivity contribution is 7.85. The molecule has 1 unspecified atom stereocenters. The maximum absolute atomic E-state index is 13.1. The number of rotatable bonds is 6. The minimum Gasteiger partial charge on any atom is -0.404 e. The second kappa shape index (κ2) is 8.15. The number of aromatic nitrogens is 5. The van der Waals surface area contributed by atoms with Crippen molar-refractivity contribution in [3.8, 4) is 11.5 Å². The molecule has 3 aromatic heterocycles. The van der Waals surface area contributed by atoms with E-state index in [2.05, 4.69) is 19.9 Å². The average molecular weight is 466 g/mol. The first kappa shape index (κ1) is 22.2. The van der Waals surface area contributed by atoms with Crippen molar-refractivity contribution in [2.24, 2.45) is 24.8 Å². The van der Waals surface area contributed by atoms with Crippen molar-refractivity contribution in [3.63, 3.8) is 0 Å². The zero-order valence-electron chi connectivity index (χ0n) is 17.7. The predicted octanol–water partition coefficient (Wildman–Crippen LogP) is 3.05. The topological polar surface area (TPSA) is 104 Å². The first-order valence-corrected chi connectivity index (χ1v) is 11.3. The zero-order chi connectivity index (χ0) is 23.2. The predicted molar refractivity (Wildman–Crippen MR) is 116 cm³/mol. The number of nitrogens with two attached hydrogens (primary N) is 1. The molecule has 8 nitrogen and oxygen atoms in total. The monoisotopic (exact) mass is 465 g/mol. The fraction of sp³-hybridized carbons (Fsp3) is 0.400. The van der Waals surface area contributed by atoms with Crippen LogP contribution < -0.4 is 5.73 Å². The Morgan fingerprint density at radius 3 is 2.62 bits per heavy atom. The van der Waals surface area contributed by atoms with Crippen LogP contribution in [-0.4, -0.2) is 46.3 Å². The van der Waals surface area contributed by atoms with Gasteiger partial charge in [-0.2, -0.15) is 13.2 Å². The summed E-state index contributed by atoms with van der Waals surface area (Å²) in [5.74, 6) is 1.03. The fourth-order valence-electron chi connectivity index (χ4n) is 3.31. The molecule has 2 N–H and O–H groups in total. The highest BCUT2D eigenvalue weighted by atomic mass is 32.2. The molecule has 1 aliphatic rings. The highest BCUT2D eigenvalue weighted by Crippen LogP contribution is 2.33. The molecule has 3 aromatic rings. The Labute approximate surface area is 184 Å². The van der Waals surface area contributed by atoms with E-state index in [0.717, 1.165) is 25.1 Å². The Kier molecular flexibility index (Phi) is 5.65. The lowest BCUT2D eigenvalue weighted by Gasteiger charge is -2.06. The molecule has 0 saturated heterocycles. The number of pyridine rings is 1. The largest absolute Gasteiger partial charge is 0.417 e. The van der Waals surface area contributed by atoms with E-state index < -0.39 is 22.5 Å². The lowest BCUT2D eigenvalue weighted by molar-refractivity contribution is -0.137. The summed E-state index contributed by atoms with van der Waals surface area (Å²) in [6, 6.07) is 1.22. The Morgan fingerprint density at radius 1 is 1.31 bits per heavy atom. The number of hydrogen-bond acceptors (Lipinski definition) is 6. The number of imidazole rings is 2. The molecule has 0 aliphatic heterocycles. The van der Waals surface area contributed by atoms with Crippen LogP contribution in [0.15, 0.2) is 28.5 Å². The van der Waals surface area contributed by atoms with E-state index in [4.69, 9.17) is 5.73 Å². The van der Waals surface area contributed by atoms with Crippen molar-refractivity contribution in [1.29, 1.82) is 0 Å². The molecular weight excluding hydrogens is 443 g/mol. The Balaban J connectivity index is 1.89. The molecule has 170 valence electrons. The number of halogens is 3. The molecule has 32 heavy (non-hydrogen) atoms. The first-order chi connectivity index (χ1) is 15.2.